The number of nitrogens with zero attached hydrogens (tertiary/aromatic N) is 2. The Morgan fingerprint density at radius 1 is 1.17 bits per heavy atom. The molecule has 0 amide bonds. The fourth-order valence-corrected chi connectivity index (χ4v) is 2.46. The first-order valence-electron chi connectivity index (χ1n) is 6.61. The minimum absolute atomic E-state index is 0. The number of benzene rings is 2. The van der Waals surface area contributed by atoms with Gasteiger partial charge in [-0.2, -0.15) is 0 Å². The molecule has 2 aromatic carbocycles. The molecule has 3 rings (SSSR count). The summed E-state index contributed by atoms with van der Waals surface area (Å²) in [4.78, 5) is 14.9. The molecule has 118 valence electrons. The Balaban J connectivity index is 0.00000192. The predicted octanol–water partition coefficient (Wildman–Crippen LogP) is 1.85. The van der Waals surface area contributed by atoms with Gasteiger partial charge in [0.05, 0.1) is 10.4 Å². The SMILES string of the molecule is Cc1cc(Nc2cccc([N+](=O)[O-])c2)c2cc(Cl)ccc2n1.[Cl-]. The lowest BCUT2D eigenvalue weighted by Gasteiger charge is -2.11. The number of halogens is 2. The normalized spacial score (nSPS) is 10.2. The molecule has 7 heteroatoms. The number of anilines is 2. The van der Waals surface area contributed by atoms with Gasteiger partial charge in [-0.1, -0.05) is 17.7 Å². The first kappa shape index (κ1) is 17.0. The van der Waals surface area contributed by atoms with Crippen molar-refractivity contribution in [3.8, 4) is 0 Å². The lowest BCUT2D eigenvalue weighted by molar-refractivity contribution is -0.384. The predicted molar refractivity (Wildman–Crippen MR) is 87.9 cm³/mol. The first-order chi connectivity index (χ1) is 10.5. The van der Waals surface area contributed by atoms with Crippen molar-refractivity contribution in [2.75, 3.05) is 5.32 Å². The van der Waals surface area contributed by atoms with Crippen molar-refractivity contribution in [2.45, 2.75) is 6.92 Å². The number of hydrogen-bond acceptors (Lipinski definition) is 4. The summed E-state index contributed by atoms with van der Waals surface area (Å²) in [5, 5.41) is 15.6. The minimum Gasteiger partial charge on any atom is -1.00 e. The number of nitrogens with one attached hydrogen (secondary N) is 1. The summed E-state index contributed by atoms with van der Waals surface area (Å²) in [5.74, 6) is 0. The zero-order valence-corrected chi connectivity index (χ0v) is 13.6. The summed E-state index contributed by atoms with van der Waals surface area (Å²) >= 11 is 6.06. The summed E-state index contributed by atoms with van der Waals surface area (Å²) in [6, 6.07) is 13.7. The van der Waals surface area contributed by atoms with E-state index in [4.69, 9.17) is 11.6 Å². The smallest absolute Gasteiger partial charge is 0.271 e. The number of aromatic nitrogens is 1. The Hall–Kier alpha value is -2.37. The van der Waals surface area contributed by atoms with E-state index in [2.05, 4.69) is 10.3 Å². The average molecular weight is 349 g/mol. The van der Waals surface area contributed by atoms with E-state index >= 15 is 0 Å². The molecule has 0 saturated heterocycles. The number of non-ortho nitro benzene ring substituents is 1. The molecular weight excluding hydrogens is 337 g/mol. The van der Waals surface area contributed by atoms with E-state index in [1.165, 1.54) is 12.1 Å². The van der Waals surface area contributed by atoms with Crippen molar-refractivity contribution in [3.63, 3.8) is 0 Å². The van der Waals surface area contributed by atoms with E-state index in [0.717, 1.165) is 22.3 Å². The third-order valence-corrected chi connectivity index (χ3v) is 3.47. The summed E-state index contributed by atoms with van der Waals surface area (Å²) in [5.41, 5.74) is 3.16. The van der Waals surface area contributed by atoms with Gasteiger partial charge < -0.3 is 17.7 Å². The molecule has 5 nitrogen and oxygen atoms in total. The van der Waals surface area contributed by atoms with Crippen molar-refractivity contribution >= 4 is 39.6 Å². The van der Waals surface area contributed by atoms with Gasteiger partial charge in [0.25, 0.3) is 5.69 Å². The van der Waals surface area contributed by atoms with E-state index in [0.29, 0.717) is 10.7 Å². The second-order valence-electron chi connectivity index (χ2n) is 4.91. The van der Waals surface area contributed by atoms with Gasteiger partial charge in [0.15, 0.2) is 0 Å². The summed E-state index contributed by atoms with van der Waals surface area (Å²) in [6.45, 7) is 1.90. The van der Waals surface area contributed by atoms with E-state index < -0.39 is 4.92 Å². The number of rotatable bonds is 3. The minimum atomic E-state index is -0.419. The molecule has 0 bridgehead atoms. The van der Waals surface area contributed by atoms with E-state index in [-0.39, 0.29) is 18.1 Å². The standard InChI is InChI=1S/C16H12ClN3O2.ClH/c1-10-7-16(14-8-11(17)5-6-15(14)18-10)19-12-3-2-4-13(9-12)20(21)22;/h2-9H,1H3,(H,18,19);1H/p-1. The van der Waals surface area contributed by atoms with Gasteiger partial charge in [-0.15, -0.1) is 0 Å². The molecule has 0 saturated carbocycles. The molecule has 1 N–H and O–H groups in total. The van der Waals surface area contributed by atoms with Crippen molar-refractivity contribution < 1.29 is 17.3 Å². The van der Waals surface area contributed by atoms with Crippen molar-refractivity contribution in [3.05, 3.63) is 69.4 Å². The molecule has 0 aliphatic rings. The van der Waals surface area contributed by atoms with Crippen LogP contribution in [0, 0.1) is 17.0 Å². The van der Waals surface area contributed by atoms with Gasteiger partial charge in [-0.05, 0) is 37.3 Å². The summed E-state index contributed by atoms with van der Waals surface area (Å²) < 4.78 is 0. The van der Waals surface area contributed by atoms with E-state index in [1.807, 2.05) is 25.1 Å². The fraction of sp³-hybridized carbons (Fsp3) is 0.0625. The first-order valence-corrected chi connectivity index (χ1v) is 6.99. The molecule has 0 unspecified atom stereocenters. The highest BCUT2D eigenvalue weighted by molar-refractivity contribution is 6.31. The summed E-state index contributed by atoms with van der Waals surface area (Å²) in [7, 11) is 0. The van der Waals surface area contributed by atoms with Crippen LogP contribution in [0.1, 0.15) is 5.69 Å². The lowest BCUT2D eigenvalue weighted by atomic mass is 10.1. The van der Waals surface area contributed by atoms with Crippen LogP contribution in [0.25, 0.3) is 10.9 Å². The van der Waals surface area contributed by atoms with Gasteiger partial charge in [0, 0.05) is 39.6 Å². The molecule has 0 aliphatic carbocycles. The summed E-state index contributed by atoms with van der Waals surface area (Å²) in [6.07, 6.45) is 0. The number of hydrogen-bond donors (Lipinski definition) is 1. The number of nitro benzene ring substituents is 1. The van der Waals surface area contributed by atoms with Gasteiger partial charge in [0.2, 0.25) is 0 Å². The monoisotopic (exact) mass is 348 g/mol. The van der Waals surface area contributed by atoms with Crippen molar-refractivity contribution in [2.24, 2.45) is 0 Å². The van der Waals surface area contributed by atoms with Gasteiger partial charge in [0.1, 0.15) is 0 Å². The van der Waals surface area contributed by atoms with Crippen LogP contribution in [0.3, 0.4) is 0 Å². The second kappa shape index (κ2) is 6.81. The highest BCUT2D eigenvalue weighted by Gasteiger charge is 2.09. The highest BCUT2D eigenvalue weighted by atomic mass is 35.5. The zero-order valence-electron chi connectivity index (χ0n) is 12.1. The largest absolute Gasteiger partial charge is 1.00 e. The van der Waals surface area contributed by atoms with Crippen LogP contribution in [-0.4, -0.2) is 9.91 Å². The Kier molecular flexibility index (Phi) is 5.03. The second-order valence-corrected chi connectivity index (χ2v) is 5.34. The van der Waals surface area contributed by atoms with Crippen molar-refractivity contribution in [1.82, 2.24) is 4.98 Å². The number of nitro groups is 1. The maximum atomic E-state index is 10.9. The Morgan fingerprint density at radius 2 is 1.96 bits per heavy atom. The molecular formula is C16H12Cl2N3O2-. The van der Waals surface area contributed by atoms with Crippen LogP contribution in [0.4, 0.5) is 17.1 Å². The molecule has 23 heavy (non-hydrogen) atoms. The van der Waals surface area contributed by atoms with Crippen LogP contribution in [0.15, 0.2) is 48.5 Å². The Labute approximate surface area is 143 Å². The molecule has 0 atom stereocenters. The Bertz CT molecular complexity index is 884. The van der Waals surface area contributed by atoms with Crippen LogP contribution >= 0.6 is 11.6 Å². The van der Waals surface area contributed by atoms with Crippen molar-refractivity contribution in [1.29, 1.82) is 0 Å². The maximum absolute atomic E-state index is 10.9. The lowest BCUT2D eigenvalue weighted by Crippen LogP contribution is -3.00. The van der Waals surface area contributed by atoms with Gasteiger partial charge in [-0.25, -0.2) is 0 Å². The fourth-order valence-electron chi connectivity index (χ4n) is 2.29. The molecule has 1 aromatic heterocycles. The van der Waals surface area contributed by atoms with Crippen LogP contribution in [0.5, 0.6) is 0 Å². The zero-order chi connectivity index (χ0) is 15.7. The molecule has 0 spiro atoms. The van der Waals surface area contributed by atoms with Crippen LogP contribution < -0.4 is 17.7 Å². The quantitative estimate of drug-likeness (QED) is 0.579. The number of fused-ring (bicyclic) bond motifs is 1. The van der Waals surface area contributed by atoms with Gasteiger partial charge in [-0.3, -0.25) is 15.1 Å². The van der Waals surface area contributed by atoms with E-state index in [1.54, 1.807) is 18.2 Å². The number of pyridine rings is 1. The molecule has 0 aliphatic heterocycles. The Morgan fingerprint density at radius 3 is 2.70 bits per heavy atom. The van der Waals surface area contributed by atoms with E-state index in [9.17, 15) is 10.1 Å². The van der Waals surface area contributed by atoms with Crippen LogP contribution in [-0.2, 0) is 0 Å². The number of aryl methyl sites for hydroxylation is 1. The molecule has 3 aromatic rings. The highest BCUT2D eigenvalue weighted by Crippen LogP contribution is 2.29. The third-order valence-electron chi connectivity index (χ3n) is 3.23. The molecule has 0 fully saturated rings. The molecule has 0 radical (unpaired) electrons. The van der Waals surface area contributed by atoms with Gasteiger partial charge >= 0.3 is 0 Å². The molecule has 1 heterocycles. The maximum Gasteiger partial charge on any atom is 0.271 e. The van der Waals surface area contributed by atoms with Crippen LogP contribution in [0.2, 0.25) is 5.02 Å². The topological polar surface area (TPSA) is 68.1 Å². The average Bonchev–Trinajstić information content (AvgIpc) is 2.48. The third kappa shape index (κ3) is 3.70.